The lowest BCUT2D eigenvalue weighted by atomic mass is 10.2. The molecule has 0 amide bonds. The van der Waals surface area contributed by atoms with Crippen molar-refractivity contribution >= 4 is 12.0 Å². The van der Waals surface area contributed by atoms with Gasteiger partial charge in [-0.15, -0.1) is 0 Å². The molecule has 0 aliphatic rings. The zero-order valence-electron chi connectivity index (χ0n) is 10.2. The molecule has 6 nitrogen and oxygen atoms in total. The van der Waals surface area contributed by atoms with Crippen molar-refractivity contribution < 1.29 is 10.2 Å². The van der Waals surface area contributed by atoms with E-state index in [0.717, 1.165) is 10.2 Å². The Morgan fingerprint density at radius 3 is 2.63 bits per heavy atom. The van der Waals surface area contributed by atoms with Crippen LogP contribution in [0.4, 0.5) is 5.82 Å². The van der Waals surface area contributed by atoms with Gasteiger partial charge in [-0.05, 0) is 30.7 Å². The number of phenolic OH excluding ortho intramolecular Hbond substituents is 2. The first kappa shape index (κ1) is 12.7. The van der Waals surface area contributed by atoms with Crippen molar-refractivity contribution in [3.05, 3.63) is 51.8 Å². The summed E-state index contributed by atoms with van der Waals surface area (Å²) < 4.78 is 1.03. The van der Waals surface area contributed by atoms with E-state index in [4.69, 9.17) is 10.8 Å². The maximum atomic E-state index is 11.7. The van der Waals surface area contributed by atoms with Gasteiger partial charge in [0.25, 0.3) is 5.56 Å². The van der Waals surface area contributed by atoms with Gasteiger partial charge in [0.1, 0.15) is 17.3 Å². The summed E-state index contributed by atoms with van der Waals surface area (Å²) in [5.74, 6) is 0.0173. The molecule has 6 heteroatoms. The molecule has 0 aliphatic carbocycles. The summed E-state index contributed by atoms with van der Waals surface area (Å²) in [7, 11) is 0. The number of rotatable bonds is 2. The van der Waals surface area contributed by atoms with Crippen molar-refractivity contribution in [2.75, 3.05) is 5.73 Å². The van der Waals surface area contributed by atoms with Gasteiger partial charge in [0, 0.05) is 17.7 Å². The lowest BCUT2D eigenvalue weighted by molar-refractivity contribution is 0.450. The second-order valence-electron chi connectivity index (χ2n) is 4.10. The van der Waals surface area contributed by atoms with Crippen LogP contribution in [0.25, 0.3) is 0 Å². The topological polar surface area (TPSA) is 101 Å². The number of pyridine rings is 1. The molecule has 1 aromatic heterocycles. The standard InChI is InChI=1S/C13H13N3O3/c1-8-4-12(14)16(13(19)5-8)15-7-9-2-3-10(17)6-11(9)18/h2-7,17-18H,14H2,1H3/b15-7+. The van der Waals surface area contributed by atoms with E-state index in [1.54, 1.807) is 13.0 Å². The molecule has 0 atom stereocenters. The monoisotopic (exact) mass is 259 g/mol. The fraction of sp³-hybridized carbons (Fsp3) is 0.0769. The molecule has 98 valence electrons. The van der Waals surface area contributed by atoms with Crippen LogP contribution in [0.2, 0.25) is 0 Å². The lowest BCUT2D eigenvalue weighted by Gasteiger charge is -2.04. The van der Waals surface area contributed by atoms with Gasteiger partial charge in [-0.25, -0.2) is 0 Å². The molecule has 1 aromatic carbocycles. The van der Waals surface area contributed by atoms with Gasteiger partial charge in [-0.3, -0.25) is 4.79 Å². The largest absolute Gasteiger partial charge is 0.508 e. The van der Waals surface area contributed by atoms with Crippen LogP contribution in [0.15, 0.2) is 40.2 Å². The molecular weight excluding hydrogens is 246 g/mol. The van der Waals surface area contributed by atoms with Crippen molar-refractivity contribution in [3.63, 3.8) is 0 Å². The number of anilines is 1. The van der Waals surface area contributed by atoms with Gasteiger partial charge in [-0.1, -0.05) is 0 Å². The fourth-order valence-electron chi connectivity index (χ4n) is 1.60. The van der Waals surface area contributed by atoms with Crippen LogP contribution in [-0.2, 0) is 0 Å². The molecule has 0 unspecified atom stereocenters. The first-order valence-electron chi connectivity index (χ1n) is 5.53. The molecule has 2 aromatic rings. The maximum absolute atomic E-state index is 11.7. The van der Waals surface area contributed by atoms with Crippen molar-refractivity contribution in [1.82, 2.24) is 4.68 Å². The van der Waals surface area contributed by atoms with Crippen LogP contribution in [0.3, 0.4) is 0 Å². The van der Waals surface area contributed by atoms with E-state index in [0.29, 0.717) is 5.56 Å². The Kier molecular flexibility index (Phi) is 3.24. The Hall–Kier alpha value is -2.76. The number of phenols is 2. The van der Waals surface area contributed by atoms with Crippen molar-refractivity contribution in [2.24, 2.45) is 5.10 Å². The first-order chi connectivity index (χ1) is 8.97. The highest BCUT2D eigenvalue weighted by Crippen LogP contribution is 2.20. The number of hydrogen-bond acceptors (Lipinski definition) is 5. The molecule has 0 spiro atoms. The molecule has 0 saturated carbocycles. The average molecular weight is 259 g/mol. The molecular formula is C13H13N3O3. The summed E-state index contributed by atoms with van der Waals surface area (Å²) in [5, 5.41) is 22.7. The third-order valence-corrected chi connectivity index (χ3v) is 2.51. The van der Waals surface area contributed by atoms with E-state index < -0.39 is 0 Å². The molecule has 0 bridgehead atoms. The van der Waals surface area contributed by atoms with Crippen LogP contribution in [-0.4, -0.2) is 21.1 Å². The number of aromatic nitrogens is 1. The summed E-state index contributed by atoms with van der Waals surface area (Å²) in [6, 6.07) is 7.09. The van der Waals surface area contributed by atoms with Crippen molar-refractivity contribution in [1.29, 1.82) is 0 Å². The predicted octanol–water partition coefficient (Wildman–Crippen LogP) is 1.03. The normalized spacial score (nSPS) is 11.0. The zero-order valence-corrected chi connectivity index (χ0v) is 10.2. The molecule has 19 heavy (non-hydrogen) atoms. The first-order valence-corrected chi connectivity index (χ1v) is 5.53. The summed E-state index contributed by atoms with van der Waals surface area (Å²) in [6.45, 7) is 1.76. The highest BCUT2D eigenvalue weighted by Gasteiger charge is 2.02. The van der Waals surface area contributed by atoms with Gasteiger partial charge < -0.3 is 15.9 Å². The minimum absolute atomic E-state index is 0.0540. The van der Waals surface area contributed by atoms with Gasteiger partial charge in [0.15, 0.2) is 0 Å². The third kappa shape index (κ3) is 2.74. The summed E-state index contributed by atoms with van der Waals surface area (Å²) in [6.07, 6.45) is 1.29. The van der Waals surface area contributed by atoms with Crippen LogP contribution < -0.4 is 11.3 Å². The summed E-state index contributed by atoms with van der Waals surface area (Å²) in [5.41, 5.74) is 6.46. The number of nitrogens with two attached hydrogens (primary N) is 1. The number of hydrogen-bond donors (Lipinski definition) is 3. The van der Waals surface area contributed by atoms with E-state index in [-0.39, 0.29) is 22.9 Å². The minimum atomic E-state index is -0.355. The Morgan fingerprint density at radius 1 is 1.26 bits per heavy atom. The van der Waals surface area contributed by atoms with Crippen molar-refractivity contribution in [2.45, 2.75) is 6.92 Å². The van der Waals surface area contributed by atoms with Gasteiger partial charge in [0.05, 0.1) is 6.21 Å². The summed E-state index contributed by atoms with van der Waals surface area (Å²) in [4.78, 5) is 11.7. The predicted molar refractivity (Wildman–Crippen MR) is 72.6 cm³/mol. The Morgan fingerprint density at radius 2 is 2.00 bits per heavy atom. The van der Waals surface area contributed by atoms with Gasteiger partial charge in [0.2, 0.25) is 0 Å². The van der Waals surface area contributed by atoms with Gasteiger partial charge in [-0.2, -0.15) is 9.78 Å². The highest BCUT2D eigenvalue weighted by molar-refractivity contribution is 5.83. The van der Waals surface area contributed by atoms with Crippen molar-refractivity contribution in [3.8, 4) is 11.5 Å². The number of benzene rings is 1. The van der Waals surface area contributed by atoms with E-state index in [9.17, 15) is 9.90 Å². The SMILES string of the molecule is Cc1cc(N)n(/N=C/c2ccc(O)cc2O)c(=O)c1. The van der Waals surface area contributed by atoms with E-state index >= 15 is 0 Å². The second-order valence-corrected chi connectivity index (χ2v) is 4.10. The van der Waals surface area contributed by atoms with Gasteiger partial charge >= 0.3 is 0 Å². The van der Waals surface area contributed by atoms with E-state index in [1.165, 1.54) is 30.5 Å². The van der Waals surface area contributed by atoms with Crippen LogP contribution in [0, 0.1) is 6.92 Å². The molecule has 4 N–H and O–H groups in total. The van der Waals surface area contributed by atoms with Crippen LogP contribution in [0.1, 0.15) is 11.1 Å². The number of aromatic hydroxyl groups is 2. The van der Waals surface area contributed by atoms with E-state index in [2.05, 4.69) is 5.10 Å². The second kappa shape index (κ2) is 4.85. The number of nitrogens with zero attached hydrogens (tertiary/aromatic N) is 2. The summed E-state index contributed by atoms with van der Waals surface area (Å²) >= 11 is 0. The lowest BCUT2D eigenvalue weighted by Crippen LogP contribution is -2.19. The highest BCUT2D eigenvalue weighted by atomic mass is 16.3. The van der Waals surface area contributed by atoms with Crippen LogP contribution >= 0.6 is 0 Å². The van der Waals surface area contributed by atoms with E-state index in [1.807, 2.05) is 0 Å². The molecule has 0 radical (unpaired) electrons. The fourth-order valence-corrected chi connectivity index (χ4v) is 1.60. The molecule has 0 saturated heterocycles. The smallest absolute Gasteiger partial charge is 0.273 e. The quantitative estimate of drug-likeness (QED) is 0.701. The molecule has 0 aliphatic heterocycles. The number of nitrogen functional groups attached to an aromatic ring is 1. The molecule has 1 heterocycles. The Bertz CT molecular complexity index is 705. The average Bonchev–Trinajstić information content (AvgIpc) is 2.30. The molecule has 2 rings (SSSR count). The molecule has 0 fully saturated rings. The Labute approximate surface area is 109 Å². The third-order valence-electron chi connectivity index (χ3n) is 2.51. The number of aryl methyl sites for hydroxylation is 1. The minimum Gasteiger partial charge on any atom is -0.508 e. The zero-order chi connectivity index (χ0) is 14.0. The van der Waals surface area contributed by atoms with Crippen LogP contribution in [0.5, 0.6) is 11.5 Å². The Balaban J connectivity index is 2.41. The maximum Gasteiger partial charge on any atom is 0.273 e.